The van der Waals surface area contributed by atoms with Gasteiger partial charge in [-0.15, -0.1) is 0 Å². The van der Waals surface area contributed by atoms with Crippen molar-refractivity contribution in [3.05, 3.63) is 36.9 Å². The van der Waals surface area contributed by atoms with Crippen LogP contribution in [0.2, 0.25) is 0 Å². The first-order valence-electron chi connectivity index (χ1n) is 7.03. The SMILES string of the molecule is C=CCOc1ccc(NC(=O)C23CC2CN(C)S3(=O)=O)cc1. The summed E-state index contributed by atoms with van der Waals surface area (Å²) in [5.41, 5.74) is 0.556. The summed E-state index contributed by atoms with van der Waals surface area (Å²) in [7, 11) is -2.03. The Bertz CT molecular complexity index is 714. The lowest BCUT2D eigenvalue weighted by atomic mass is 10.2. The van der Waals surface area contributed by atoms with Gasteiger partial charge in [-0.2, -0.15) is 0 Å². The topological polar surface area (TPSA) is 75.7 Å². The van der Waals surface area contributed by atoms with E-state index in [0.29, 0.717) is 31.0 Å². The lowest BCUT2D eigenvalue weighted by Crippen LogP contribution is -2.40. The summed E-state index contributed by atoms with van der Waals surface area (Å²) in [6.45, 7) is 4.39. The quantitative estimate of drug-likeness (QED) is 0.827. The second-order valence-corrected chi connectivity index (χ2v) is 7.96. The molecule has 0 aromatic heterocycles. The molecule has 1 aromatic carbocycles. The Morgan fingerprint density at radius 2 is 2.18 bits per heavy atom. The molecule has 2 atom stereocenters. The fraction of sp³-hybridized carbons (Fsp3) is 0.400. The number of hydrogen-bond acceptors (Lipinski definition) is 4. The minimum absolute atomic E-state index is 0.0994. The Labute approximate surface area is 129 Å². The Kier molecular flexibility index (Phi) is 3.49. The number of amides is 1. The first kappa shape index (κ1) is 15.1. The predicted octanol–water partition coefficient (Wildman–Crippen LogP) is 1.22. The Morgan fingerprint density at radius 3 is 2.73 bits per heavy atom. The summed E-state index contributed by atoms with van der Waals surface area (Å²) in [4.78, 5) is 12.4. The van der Waals surface area contributed by atoms with E-state index in [1.807, 2.05) is 0 Å². The van der Waals surface area contributed by atoms with E-state index in [2.05, 4.69) is 11.9 Å². The average Bonchev–Trinajstić information content (AvgIpc) is 3.17. The number of carbonyl (C=O) groups is 1. The summed E-state index contributed by atoms with van der Waals surface area (Å²) >= 11 is 0. The second kappa shape index (κ2) is 5.10. The lowest BCUT2D eigenvalue weighted by molar-refractivity contribution is -0.116. The molecule has 0 spiro atoms. The highest BCUT2D eigenvalue weighted by Crippen LogP contribution is 2.57. The molecule has 1 heterocycles. The van der Waals surface area contributed by atoms with Gasteiger partial charge in [0.15, 0.2) is 4.75 Å². The number of sulfonamides is 1. The molecule has 1 aromatic rings. The maximum atomic E-state index is 12.4. The highest BCUT2D eigenvalue weighted by atomic mass is 32.2. The zero-order chi connectivity index (χ0) is 16.0. The van der Waals surface area contributed by atoms with Crippen molar-refractivity contribution in [3.63, 3.8) is 0 Å². The van der Waals surface area contributed by atoms with Crippen LogP contribution in [0.4, 0.5) is 5.69 Å². The zero-order valence-corrected chi connectivity index (χ0v) is 13.1. The maximum Gasteiger partial charge on any atom is 0.247 e. The summed E-state index contributed by atoms with van der Waals surface area (Å²) in [6, 6.07) is 6.82. The van der Waals surface area contributed by atoms with Gasteiger partial charge in [0.25, 0.3) is 0 Å². The first-order chi connectivity index (χ1) is 10.4. The minimum Gasteiger partial charge on any atom is -0.490 e. The van der Waals surface area contributed by atoms with E-state index < -0.39 is 20.7 Å². The van der Waals surface area contributed by atoms with E-state index >= 15 is 0 Å². The number of ether oxygens (including phenoxy) is 1. The van der Waals surface area contributed by atoms with Crippen LogP contribution in [0.15, 0.2) is 36.9 Å². The van der Waals surface area contributed by atoms with E-state index in [1.54, 1.807) is 30.3 Å². The summed E-state index contributed by atoms with van der Waals surface area (Å²) in [5.74, 6) is 0.118. The highest BCUT2D eigenvalue weighted by molar-refractivity contribution is 7.92. The molecule has 2 fully saturated rings. The monoisotopic (exact) mass is 322 g/mol. The third-order valence-electron chi connectivity index (χ3n) is 4.26. The number of carbonyl (C=O) groups excluding carboxylic acids is 1. The van der Waals surface area contributed by atoms with Crippen LogP contribution in [0.3, 0.4) is 0 Å². The molecule has 0 radical (unpaired) electrons. The van der Waals surface area contributed by atoms with Crippen LogP contribution in [0, 0.1) is 5.92 Å². The maximum absolute atomic E-state index is 12.4. The summed E-state index contributed by atoms with van der Waals surface area (Å²) < 4.78 is 30.0. The van der Waals surface area contributed by atoms with Gasteiger partial charge in [-0.3, -0.25) is 4.79 Å². The third kappa shape index (κ3) is 2.12. The molecule has 118 valence electrons. The molecule has 3 rings (SSSR count). The molecule has 1 saturated carbocycles. The minimum atomic E-state index is -3.55. The van der Waals surface area contributed by atoms with Crippen LogP contribution < -0.4 is 10.1 Å². The number of hydrogen-bond donors (Lipinski definition) is 1. The Hall–Kier alpha value is -1.86. The van der Waals surface area contributed by atoms with Crippen LogP contribution in [-0.2, 0) is 14.8 Å². The Balaban J connectivity index is 1.72. The van der Waals surface area contributed by atoms with Gasteiger partial charge in [-0.05, 0) is 30.7 Å². The van der Waals surface area contributed by atoms with Gasteiger partial charge >= 0.3 is 0 Å². The second-order valence-electron chi connectivity index (χ2n) is 5.65. The van der Waals surface area contributed by atoms with Crippen molar-refractivity contribution in [3.8, 4) is 5.75 Å². The van der Waals surface area contributed by atoms with Crippen LogP contribution >= 0.6 is 0 Å². The molecule has 1 N–H and O–H groups in total. The summed E-state index contributed by atoms with van der Waals surface area (Å²) in [5, 5.41) is 2.71. The van der Waals surface area contributed by atoms with Gasteiger partial charge in [0, 0.05) is 25.2 Å². The van der Waals surface area contributed by atoms with E-state index in [0.717, 1.165) is 0 Å². The average molecular weight is 322 g/mol. The number of nitrogens with zero attached hydrogens (tertiary/aromatic N) is 1. The van der Waals surface area contributed by atoms with Gasteiger partial charge in [0.05, 0.1) is 0 Å². The number of nitrogens with one attached hydrogen (secondary N) is 1. The number of rotatable bonds is 5. The lowest BCUT2D eigenvalue weighted by Gasteiger charge is -2.17. The molecule has 0 bridgehead atoms. The van der Waals surface area contributed by atoms with Crippen LogP contribution in [0.1, 0.15) is 6.42 Å². The van der Waals surface area contributed by atoms with E-state index in [9.17, 15) is 13.2 Å². The van der Waals surface area contributed by atoms with E-state index in [1.165, 1.54) is 11.4 Å². The fourth-order valence-electron chi connectivity index (χ4n) is 2.94. The molecule has 2 unspecified atom stereocenters. The third-order valence-corrected chi connectivity index (χ3v) is 6.84. The molecular formula is C15H18N2O4S. The zero-order valence-electron chi connectivity index (χ0n) is 12.3. The van der Waals surface area contributed by atoms with Crippen LogP contribution in [0.25, 0.3) is 0 Å². The van der Waals surface area contributed by atoms with Crippen molar-refractivity contribution in [2.75, 3.05) is 25.5 Å². The normalized spacial score (nSPS) is 28.7. The first-order valence-corrected chi connectivity index (χ1v) is 8.47. The molecule has 1 aliphatic heterocycles. The van der Waals surface area contributed by atoms with Crippen LogP contribution in [-0.4, -0.2) is 43.6 Å². The molecule has 6 nitrogen and oxygen atoms in total. The van der Waals surface area contributed by atoms with Crippen LogP contribution in [0.5, 0.6) is 5.75 Å². The van der Waals surface area contributed by atoms with E-state index in [-0.39, 0.29) is 5.92 Å². The van der Waals surface area contributed by atoms with Crippen molar-refractivity contribution in [2.24, 2.45) is 5.92 Å². The number of fused-ring (bicyclic) bond motifs is 1. The molecule has 7 heteroatoms. The predicted molar refractivity (Wildman–Crippen MR) is 83.2 cm³/mol. The van der Waals surface area contributed by atoms with Gasteiger partial charge in [0.1, 0.15) is 12.4 Å². The van der Waals surface area contributed by atoms with Gasteiger partial charge in [-0.25, -0.2) is 12.7 Å². The van der Waals surface area contributed by atoms with Gasteiger partial charge in [-0.1, -0.05) is 12.7 Å². The Morgan fingerprint density at radius 1 is 1.50 bits per heavy atom. The fourth-order valence-corrected chi connectivity index (χ4v) is 5.07. The molecule has 1 saturated heterocycles. The molecule has 2 aliphatic rings. The summed E-state index contributed by atoms with van der Waals surface area (Å²) in [6.07, 6.45) is 2.05. The van der Waals surface area contributed by atoms with Crippen molar-refractivity contribution in [1.29, 1.82) is 0 Å². The van der Waals surface area contributed by atoms with Gasteiger partial charge < -0.3 is 10.1 Å². The molecular weight excluding hydrogens is 304 g/mol. The molecule has 1 amide bonds. The van der Waals surface area contributed by atoms with Crippen molar-refractivity contribution >= 4 is 21.6 Å². The molecule has 22 heavy (non-hydrogen) atoms. The molecule has 1 aliphatic carbocycles. The van der Waals surface area contributed by atoms with Crippen molar-refractivity contribution < 1.29 is 17.9 Å². The standard InChI is InChI=1S/C15H18N2O4S/c1-3-8-21-13-6-4-12(5-7-13)16-14(18)15-9-11(15)10-17(2)22(15,19)20/h3-7,11H,1,8-10H2,2H3,(H,16,18). The van der Waals surface area contributed by atoms with E-state index in [4.69, 9.17) is 4.74 Å². The smallest absolute Gasteiger partial charge is 0.247 e. The number of benzene rings is 1. The highest BCUT2D eigenvalue weighted by Gasteiger charge is 2.74. The largest absolute Gasteiger partial charge is 0.490 e. The van der Waals surface area contributed by atoms with Crippen molar-refractivity contribution in [1.82, 2.24) is 4.31 Å². The van der Waals surface area contributed by atoms with Gasteiger partial charge in [0.2, 0.25) is 15.9 Å². The van der Waals surface area contributed by atoms with Crippen molar-refractivity contribution in [2.45, 2.75) is 11.2 Å². The number of anilines is 1.